The molecule has 0 bridgehead atoms. The largest absolute Gasteiger partial charge is 0.378 e. The lowest BCUT2D eigenvalue weighted by Gasteiger charge is -2.28. The fraction of sp³-hybridized carbons (Fsp3) is 0.455. The first-order valence-electron chi connectivity index (χ1n) is 4.96. The molecule has 75 valence electrons. The fourth-order valence-electron chi connectivity index (χ4n) is 1.65. The lowest BCUT2D eigenvalue weighted by atomic mass is 10.2. The van der Waals surface area contributed by atoms with Gasteiger partial charge in [0.05, 0.1) is 13.2 Å². The maximum atomic E-state index is 7.22. The summed E-state index contributed by atoms with van der Waals surface area (Å²) in [6.45, 7) is 3.95. The van der Waals surface area contributed by atoms with Crippen LogP contribution in [0.2, 0.25) is 0 Å². The van der Waals surface area contributed by atoms with Crippen LogP contribution in [0, 0.1) is 0 Å². The molecule has 0 aliphatic carbocycles. The number of anilines is 1. The number of benzene rings is 1. The van der Waals surface area contributed by atoms with Gasteiger partial charge in [-0.15, -0.1) is 0 Å². The van der Waals surface area contributed by atoms with Crippen molar-refractivity contribution in [3.05, 3.63) is 29.8 Å². The van der Waals surface area contributed by atoms with Crippen LogP contribution in [0.1, 0.15) is 5.56 Å². The van der Waals surface area contributed by atoms with Gasteiger partial charge in [-0.05, 0) is 17.7 Å². The van der Waals surface area contributed by atoms with E-state index in [1.807, 2.05) is 12.1 Å². The molecule has 0 saturated carbocycles. The van der Waals surface area contributed by atoms with Crippen LogP contribution in [0.3, 0.4) is 0 Å². The fourth-order valence-corrected chi connectivity index (χ4v) is 1.65. The van der Waals surface area contributed by atoms with Crippen molar-refractivity contribution in [2.24, 2.45) is 0 Å². The van der Waals surface area contributed by atoms with Crippen molar-refractivity contribution in [1.29, 1.82) is 0 Å². The Balaban J connectivity index is 2.07. The first-order chi connectivity index (χ1) is 6.90. The molecule has 2 rings (SSSR count). The maximum Gasteiger partial charge on any atom is 0.0642 e. The Kier molecular flexibility index (Phi) is 3.01. The molecule has 1 aromatic carbocycles. The summed E-state index contributed by atoms with van der Waals surface area (Å²) in [7, 11) is 0. The summed E-state index contributed by atoms with van der Waals surface area (Å²) in [5.74, 6) is 0. The summed E-state index contributed by atoms with van der Waals surface area (Å²) in [5, 5.41) is 0. The van der Waals surface area contributed by atoms with Crippen LogP contribution < -0.4 is 10.6 Å². The van der Waals surface area contributed by atoms with Gasteiger partial charge in [0, 0.05) is 25.3 Å². The van der Waals surface area contributed by atoms with Crippen molar-refractivity contribution in [3.63, 3.8) is 0 Å². The van der Waals surface area contributed by atoms with E-state index in [-0.39, 0.29) is 0 Å². The predicted octanol–water partition coefficient (Wildman–Crippen LogP) is 1.31. The third-order valence-electron chi connectivity index (χ3n) is 2.52. The van der Waals surface area contributed by atoms with Crippen LogP contribution in [0.25, 0.3) is 0 Å². The van der Waals surface area contributed by atoms with Crippen molar-refractivity contribution in [1.82, 2.24) is 5.73 Å². The van der Waals surface area contributed by atoms with Gasteiger partial charge in [-0.3, -0.25) is 5.73 Å². The molecule has 0 aromatic heterocycles. The van der Waals surface area contributed by atoms with Gasteiger partial charge in [0.2, 0.25) is 0 Å². The van der Waals surface area contributed by atoms with E-state index in [4.69, 9.17) is 10.5 Å². The van der Waals surface area contributed by atoms with E-state index in [9.17, 15) is 0 Å². The molecule has 3 nitrogen and oxygen atoms in total. The lowest BCUT2D eigenvalue weighted by Crippen LogP contribution is -2.36. The standard InChI is InChI=1S/C11H15N2O/c12-9-10-1-3-11(4-2-10)13-5-7-14-8-6-13/h1-4,12H,5-9H2. The molecule has 1 aliphatic rings. The van der Waals surface area contributed by atoms with Gasteiger partial charge in [0.15, 0.2) is 0 Å². The zero-order valence-electron chi connectivity index (χ0n) is 8.20. The van der Waals surface area contributed by atoms with Gasteiger partial charge < -0.3 is 9.64 Å². The quantitative estimate of drug-likeness (QED) is 0.706. The summed E-state index contributed by atoms with van der Waals surface area (Å²) in [6, 6.07) is 8.24. The molecule has 3 heteroatoms. The topological polar surface area (TPSA) is 36.3 Å². The van der Waals surface area contributed by atoms with Crippen LogP contribution in [-0.2, 0) is 11.3 Å². The van der Waals surface area contributed by atoms with Gasteiger partial charge in [-0.2, -0.15) is 0 Å². The molecule has 0 amide bonds. The number of ether oxygens (including phenoxy) is 1. The van der Waals surface area contributed by atoms with E-state index in [2.05, 4.69) is 17.0 Å². The number of nitrogens with zero attached hydrogens (tertiary/aromatic N) is 1. The highest BCUT2D eigenvalue weighted by Crippen LogP contribution is 2.16. The minimum Gasteiger partial charge on any atom is -0.378 e. The number of rotatable bonds is 2. The Labute approximate surface area is 84.5 Å². The van der Waals surface area contributed by atoms with E-state index >= 15 is 0 Å². The molecular formula is C11H15N2O. The molecule has 1 aliphatic heterocycles. The van der Waals surface area contributed by atoms with Gasteiger partial charge in [-0.25, -0.2) is 0 Å². The van der Waals surface area contributed by atoms with Crippen molar-refractivity contribution in [2.75, 3.05) is 31.2 Å². The van der Waals surface area contributed by atoms with Crippen molar-refractivity contribution in [2.45, 2.75) is 6.54 Å². The monoisotopic (exact) mass is 191 g/mol. The number of morpholine rings is 1. The Morgan fingerprint density at radius 3 is 2.36 bits per heavy atom. The van der Waals surface area contributed by atoms with E-state index in [0.29, 0.717) is 6.54 Å². The minimum absolute atomic E-state index is 0.364. The summed E-state index contributed by atoms with van der Waals surface area (Å²) in [6.07, 6.45) is 0. The highest BCUT2D eigenvalue weighted by molar-refractivity contribution is 5.47. The average Bonchev–Trinajstić information content (AvgIpc) is 2.30. The van der Waals surface area contributed by atoms with Crippen molar-refractivity contribution < 1.29 is 4.74 Å². The predicted molar refractivity (Wildman–Crippen MR) is 56.3 cm³/mol. The Morgan fingerprint density at radius 1 is 1.14 bits per heavy atom. The first-order valence-corrected chi connectivity index (χ1v) is 4.96. The van der Waals surface area contributed by atoms with Crippen LogP contribution >= 0.6 is 0 Å². The zero-order chi connectivity index (χ0) is 9.80. The second-order valence-electron chi connectivity index (χ2n) is 3.44. The molecule has 1 aromatic rings. The Bertz CT molecular complexity index is 278. The maximum absolute atomic E-state index is 7.22. The highest BCUT2D eigenvalue weighted by atomic mass is 16.5. The number of nitrogens with one attached hydrogen (secondary N) is 1. The molecule has 0 unspecified atom stereocenters. The van der Waals surface area contributed by atoms with E-state index in [1.165, 1.54) is 5.69 Å². The zero-order valence-corrected chi connectivity index (χ0v) is 8.20. The summed E-state index contributed by atoms with van der Waals surface area (Å²) in [4.78, 5) is 2.32. The SMILES string of the molecule is [NH]Cc1ccc(N2CCOCC2)cc1. The Morgan fingerprint density at radius 2 is 1.79 bits per heavy atom. The molecule has 1 radical (unpaired) electrons. The van der Waals surface area contributed by atoms with Crippen molar-refractivity contribution in [3.8, 4) is 0 Å². The molecule has 0 atom stereocenters. The molecule has 1 N–H and O–H groups in total. The number of hydrogen-bond donors (Lipinski definition) is 0. The van der Waals surface area contributed by atoms with Crippen LogP contribution in [0.15, 0.2) is 24.3 Å². The lowest BCUT2D eigenvalue weighted by molar-refractivity contribution is 0.122. The van der Waals surface area contributed by atoms with E-state index in [1.54, 1.807) is 0 Å². The summed E-state index contributed by atoms with van der Waals surface area (Å²) >= 11 is 0. The van der Waals surface area contributed by atoms with E-state index < -0.39 is 0 Å². The normalized spacial score (nSPS) is 17.1. The third-order valence-corrected chi connectivity index (χ3v) is 2.52. The van der Waals surface area contributed by atoms with Crippen LogP contribution in [0.4, 0.5) is 5.69 Å². The average molecular weight is 191 g/mol. The molecular weight excluding hydrogens is 176 g/mol. The smallest absolute Gasteiger partial charge is 0.0642 e. The van der Waals surface area contributed by atoms with Crippen LogP contribution in [0.5, 0.6) is 0 Å². The summed E-state index contributed by atoms with van der Waals surface area (Å²) in [5.41, 5.74) is 9.54. The second-order valence-corrected chi connectivity index (χ2v) is 3.44. The van der Waals surface area contributed by atoms with Gasteiger partial charge in [0.25, 0.3) is 0 Å². The van der Waals surface area contributed by atoms with Gasteiger partial charge >= 0.3 is 0 Å². The van der Waals surface area contributed by atoms with Crippen LogP contribution in [-0.4, -0.2) is 26.3 Å². The molecule has 1 heterocycles. The highest BCUT2D eigenvalue weighted by Gasteiger charge is 2.10. The molecule has 14 heavy (non-hydrogen) atoms. The summed E-state index contributed by atoms with van der Waals surface area (Å²) < 4.78 is 5.29. The second kappa shape index (κ2) is 4.44. The third kappa shape index (κ3) is 2.05. The van der Waals surface area contributed by atoms with Gasteiger partial charge in [0.1, 0.15) is 0 Å². The minimum atomic E-state index is 0.364. The van der Waals surface area contributed by atoms with E-state index in [0.717, 1.165) is 31.9 Å². The van der Waals surface area contributed by atoms with Gasteiger partial charge in [-0.1, -0.05) is 12.1 Å². The Hall–Kier alpha value is -1.06. The molecule has 1 fully saturated rings. The molecule has 1 saturated heterocycles. The first kappa shape index (κ1) is 9.49. The van der Waals surface area contributed by atoms with Crippen molar-refractivity contribution >= 4 is 5.69 Å². The molecule has 0 spiro atoms. The number of hydrogen-bond acceptors (Lipinski definition) is 2.